The third-order valence-electron chi connectivity index (χ3n) is 2.54. The van der Waals surface area contributed by atoms with Gasteiger partial charge < -0.3 is 4.74 Å². The summed E-state index contributed by atoms with van der Waals surface area (Å²) in [6.45, 7) is 3.33. The van der Waals surface area contributed by atoms with Crippen LogP contribution in [0.1, 0.15) is 40.0 Å². The van der Waals surface area contributed by atoms with E-state index in [1.54, 1.807) is 7.11 Å². The fourth-order valence-electron chi connectivity index (χ4n) is 1.73. The Bertz CT molecular complexity index is 82.9. The molecule has 1 nitrogen and oxygen atoms in total. The average molecular weight is 158 g/mol. The van der Waals surface area contributed by atoms with Gasteiger partial charge in [0.05, 0.1) is 0 Å². The minimum atomic E-state index is 0. The maximum atomic E-state index is 5.12. The molecule has 1 rings (SSSR count). The molecule has 0 atom stereocenters. The van der Waals surface area contributed by atoms with Gasteiger partial charge in [-0.05, 0) is 24.7 Å². The molecule has 0 saturated heterocycles. The lowest BCUT2D eigenvalue weighted by Crippen LogP contribution is -2.16. The normalized spacial score (nSPS) is 31.1. The smallest absolute Gasteiger partial charge is 0.0490 e. The van der Waals surface area contributed by atoms with E-state index in [1.165, 1.54) is 25.7 Å². The van der Waals surface area contributed by atoms with E-state index >= 15 is 0 Å². The van der Waals surface area contributed by atoms with Crippen molar-refractivity contribution in [1.82, 2.24) is 0 Å². The zero-order chi connectivity index (χ0) is 7.40. The zero-order valence-electron chi connectivity index (χ0n) is 7.10. The Morgan fingerprint density at radius 1 is 1.18 bits per heavy atom. The summed E-state index contributed by atoms with van der Waals surface area (Å²) < 4.78 is 5.12. The van der Waals surface area contributed by atoms with Gasteiger partial charge in [-0.3, -0.25) is 0 Å². The van der Waals surface area contributed by atoms with Gasteiger partial charge in [0.2, 0.25) is 0 Å². The predicted molar refractivity (Wildman–Crippen MR) is 49.7 cm³/mol. The van der Waals surface area contributed by atoms with E-state index in [4.69, 9.17) is 4.74 Å². The molecule has 0 spiro atoms. The fraction of sp³-hybridized carbons (Fsp3) is 1.00. The molecule has 0 N–H and O–H groups in total. The highest BCUT2D eigenvalue weighted by Crippen LogP contribution is 2.27. The van der Waals surface area contributed by atoms with Gasteiger partial charge in [-0.2, -0.15) is 0 Å². The maximum Gasteiger partial charge on any atom is 0.0490 e. The molecule has 0 unspecified atom stereocenters. The van der Waals surface area contributed by atoms with Crippen molar-refractivity contribution in [2.45, 2.75) is 40.0 Å². The highest BCUT2D eigenvalue weighted by Gasteiger charge is 2.17. The van der Waals surface area contributed by atoms with Gasteiger partial charge in [0.1, 0.15) is 0 Å². The highest BCUT2D eigenvalue weighted by molar-refractivity contribution is 4.69. The molecule has 1 saturated carbocycles. The molecule has 1 aliphatic carbocycles. The van der Waals surface area contributed by atoms with E-state index in [1.807, 2.05) is 0 Å². The molecular formula is C10H22O. The molecule has 0 aromatic carbocycles. The van der Waals surface area contributed by atoms with Crippen LogP contribution in [-0.4, -0.2) is 13.7 Å². The monoisotopic (exact) mass is 158 g/mol. The van der Waals surface area contributed by atoms with Gasteiger partial charge in [-0.15, -0.1) is 0 Å². The standard InChI is InChI=1S/C9H18O.CH4/c1-8-3-5-9(6-4-8)7-10-2;/h8-9H,3-7H2,1-2H3;1H4. The van der Waals surface area contributed by atoms with Crippen LogP contribution in [0.3, 0.4) is 0 Å². The fourth-order valence-corrected chi connectivity index (χ4v) is 1.73. The first-order valence-corrected chi connectivity index (χ1v) is 4.32. The minimum Gasteiger partial charge on any atom is -0.384 e. The zero-order valence-corrected chi connectivity index (χ0v) is 7.10. The van der Waals surface area contributed by atoms with Crippen LogP contribution in [-0.2, 0) is 4.74 Å². The largest absolute Gasteiger partial charge is 0.384 e. The summed E-state index contributed by atoms with van der Waals surface area (Å²) in [6.07, 6.45) is 5.59. The van der Waals surface area contributed by atoms with Crippen molar-refractivity contribution in [3.63, 3.8) is 0 Å². The number of hydrogen-bond donors (Lipinski definition) is 0. The van der Waals surface area contributed by atoms with Crippen molar-refractivity contribution in [1.29, 1.82) is 0 Å². The van der Waals surface area contributed by atoms with Crippen molar-refractivity contribution >= 4 is 0 Å². The van der Waals surface area contributed by atoms with Crippen molar-refractivity contribution in [2.24, 2.45) is 11.8 Å². The summed E-state index contributed by atoms with van der Waals surface area (Å²) in [5.74, 6) is 1.83. The molecule has 0 aromatic heterocycles. The summed E-state index contributed by atoms with van der Waals surface area (Å²) in [7, 11) is 1.80. The van der Waals surface area contributed by atoms with Gasteiger partial charge in [0, 0.05) is 13.7 Å². The first kappa shape index (κ1) is 11.0. The quantitative estimate of drug-likeness (QED) is 0.600. The lowest BCUT2D eigenvalue weighted by molar-refractivity contribution is 0.121. The Kier molecular flexibility index (Phi) is 5.57. The molecule has 0 heterocycles. The Morgan fingerprint density at radius 3 is 2.18 bits per heavy atom. The second kappa shape index (κ2) is 5.59. The second-order valence-electron chi connectivity index (χ2n) is 3.58. The van der Waals surface area contributed by atoms with Crippen molar-refractivity contribution < 1.29 is 4.74 Å². The molecule has 0 aliphatic heterocycles. The lowest BCUT2D eigenvalue weighted by Gasteiger charge is -2.25. The topological polar surface area (TPSA) is 9.23 Å². The molecule has 0 amide bonds. The molecule has 0 aromatic rings. The lowest BCUT2D eigenvalue weighted by atomic mass is 9.83. The number of ether oxygens (including phenoxy) is 1. The number of rotatable bonds is 2. The molecule has 68 valence electrons. The molecule has 1 aliphatic rings. The van der Waals surface area contributed by atoms with E-state index < -0.39 is 0 Å². The van der Waals surface area contributed by atoms with E-state index in [9.17, 15) is 0 Å². The Balaban J connectivity index is 0.000001000. The molecule has 1 fully saturated rings. The van der Waals surface area contributed by atoms with Gasteiger partial charge in [0.15, 0.2) is 0 Å². The molecular weight excluding hydrogens is 136 g/mol. The SMILES string of the molecule is C.COCC1CCC(C)CC1. The van der Waals surface area contributed by atoms with Crippen LogP contribution in [0.15, 0.2) is 0 Å². The van der Waals surface area contributed by atoms with Crippen molar-refractivity contribution in [2.75, 3.05) is 13.7 Å². The minimum absolute atomic E-state index is 0. The Hall–Kier alpha value is -0.0400. The summed E-state index contributed by atoms with van der Waals surface area (Å²) in [5.41, 5.74) is 0. The summed E-state index contributed by atoms with van der Waals surface area (Å²) in [4.78, 5) is 0. The van der Waals surface area contributed by atoms with Gasteiger partial charge >= 0.3 is 0 Å². The van der Waals surface area contributed by atoms with Gasteiger partial charge in [-0.1, -0.05) is 27.2 Å². The second-order valence-corrected chi connectivity index (χ2v) is 3.58. The summed E-state index contributed by atoms with van der Waals surface area (Å²) >= 11 is 0. The predicted octanol–water partition coefficient (Wildman–Crippen LogP) is 3.10. The van der Waals surface area contributed by atoms with Crippen LogP contribution in [0.5, 0.6) is 0 Å². The first-order valence-electron chi connectivity index (χ1n) is 4.32. The molecule has 0 radical (unpaired) electrons. The van der Waals surface area contributed by atoms with Crippen LogP contribution in [0.25, 0.3) is 0 Å². The van der Waals surface area contributed by atoms with Gasteiger partial charge in [-0.25, -0.2) is 0 Å². The molecule has 11 heavy (non-hydrogen) atoms. The summed E-state index contributed by atoms with van der Waals surface area (Å²) in [6, 6.07) is 0. The Morgan fingerprint density at radius 2 is 1.73 bits per heavy atom. The van der Waals surface area contributed by atoms with E-state index in [0.717, 1.165) is 18.4 Å². The van der Waals surface area contributed by atoms with Crippen LogP contribution in [0.4, 0.5) is 0 Å². The van der Waals surface area contributed by atoms with Crippen LogP contribution in [0, 0.1) is 11.8 Å². The van der Waals surface area contributed by atoms with E-state index in [0.29, 0.717) is 0 Å². The van der Waals surface area contributed by atoms with Crippen LogP contribution >= 0.6 is 0 Å². The van der Waals surface area contributed by atoms with Crippen molar-refractivity contribution in [3.8, 4) is 0 Å². The number of methoxy groups -OCH3 is 1. The van der Waals surface area contributed by atoms with Gasteiger partial charge in [0.25, 0.3) is 0 Å². The molecule has 0 bridgehead atoms. The highest BCUT2D eigenvalue weighted by atomic mass is 16.5. The van der Waals surface area contributed by atoms with E-state index in [-0.39, 0.29) is 7.43 Å². The third-order valence-corrected chi connectivity index (χ3v) is 2.54. The van der Waals surface area contributed by atoms with Crippen LogP contribution < -0.4 is 0 Å². The van der Waals surface area contributed by atoms with Crippen molar-refractivity contribution in [3.05, 3.63) is 0 Å². The average Bonchev–Trinajstić information content (AvgIpc) is 1.95. The number of hydrogen-bond acceptors (Lipinski definition) is 1. The van der Waals surface area contributed by atoms with Crippen LogP contribution in [0.2, 0.25) is 0 Å². The Labute approximate surface area is 71.1 Å². The molecule has 1 heteroatoms. The third kappa shape index (κ3) is 3.76. The first-order chi connectivity index (χ1) is 4.83. The van der Waals surface area contributed by atoms with E-state index in [2.05, 4.69) is 6.92 Å². The summed E-state index contributed by atoms with van der Waals surface area (Å²) in [5, 5.41) is 0. The maximum absolute atomic E-state index is 5.12.